The molecule has 17 heavy (non-hydrogen) atoms. The third-order valence-corrected chi connectivity index (χ3v) is 3.38. The number of nitrogens with one attached hydrogen (secondary N) is 1. The van der Waals surface area contributed by atoms with E-state index in [2.05, 4.69) is 5.32 Å². The molecular weight excluding hydrogens is 217 g/mol. The van der Waals surface area contributed by atoms with Crippen molar-refractivity contribution in [2.24, 2.45) is 0 Å². The number of rotatable bonds is 3. The van der Waals surface area contributed by atoms with Crippen molar-refractivity contribution in [3.05, 3.63) is 24.0 Å². The largest absolute Gasteiger partial charge is 0.494 e. The van der Waals surface area contributed by atoms with Crippen molar-refractivity contribution < 1.29 is 9.13 Å². The molecule has 3 heteroatoms. The Kier molecular flexibility index (Phi) is 4.24. The van der Waals surface area contributed by atoms with Crippen LogP contribution in [0.1, 0.15) is 38.5 Å². The van der Waals surface area contributed by atoms with E-state index in [1.165, 1.54) is 51.7 Å². The molecule has 0 aromatic heterocycles. The van der Waals surface area contributed by atoms with Gasteiger partial charge in [-0.25, -0.2) is 4.39 Å². The maximum atomic E-state index is 13.3. The van der Waals surface area contributed by atoms with Crippen molar-refractivity contribution in [3.8, 4) is 5.75 Å². The monoisotopic (exact) mass is 237 g/mol. The van der Waals surface area contributed by atoms with Crippen LogP contribution < -0.4 is 10.1 Å². The fourth-order valence-corrected chi connectivity index (χ4v) is 2.41. The van der Waals surface area contributed by atoms with Crippen LogP contribution in [0.4, 0.5) is 10.1 Å². The summed E-state index contributed by atoms with van der Waals surface area (Å²) in [5.74, 6) is 0.00235. The Morgan fingerprint density at radius 3 is 2.53 bits per heavy atom. The van der Waals surface area contributed by atoms with Gasteiger partial charge in [0.25, 0.3) is 0 Å². The van der Waals surface area contributed by atoms with E-state index in [4.69, 9.17) is 4.74 Å². The molecule has 0 spiro atoms. The predicted molar refractivity (Wildman–Crippen MR) is 68.1 cm³/mol. The molecule has 2 rings (SSSR count). The summed E-state index contributed by atoms with van der Waals surface area (Å²) in [5, 5.41) is 3.48. The Morgan fingerprint density at radius 2 is 1.88 bits per heavy atom. The molecule has 0 radical (unpaired) electrons. The molecule has 2 nitrogen and oxygen atoms in total. The summed E-state index contributed by atoms with van der Waals surface area (Å²) in [5.41, 5.74) is 0.954. The standard InChI is InChI=1S/C14H20FNO/c1-17-14-10-12(8-9-13(14)15)16-11-6-4-2-3-5-7-11/h8-11,16H,2-7H2,1H3. The third kappa shape index (κ3) is 3.35. The maximum absolute atomic E-state index is 13.3. The molecule has 1 fully saturated rings. The zero-order chi connectivity index (χ0) is 12.1. The van der Waals surface area contributed by atoms with Crippen LogP contribution in [0.25, 0.3) is 0 Å². The highest BCUT2D eigenvalue weighted by atomic mass is 19.1. The lowest BCUT2D eigenvalue weighted by molar-refractivity contribution is 0.386. The number of benzene rings is 1. The number of halogens is 1. The second-order valence-corrected chi connectivity index (χ2v) is 4.68. The summed E-state index contributed by atoms with van der Waals surface area (Å²) in [6.07, 6.45) is 7.67. The van der Waals surface area contributed by atoms with Crippen LogP contribution in [-0.2, 0) is 0 Å². The maximum Gasteiger partial charge on any atom is 0.165 e. The van der Waals surface area contributed by atoms with Crippen LogP contribution in [-0.4, -0.2) is 13.2 Å². The van der Waals surface area contributed by atoms with Crippen LogP contribution in [0.2, 0.25) is 0 Å². The van der Waals surface area contributed by atoms with Crippen molar-refractivity contribution in [1.82, 2.24) is 0 Å². The van der Waals surface area contributed by atoms with E-state index in [9.17, 15) is 4.39 Å². The number of hydrogen-bond acceptors (Lipinski definition) is 2. The summed E-state index contributed by atoms with van der Waals surface area (Å²) < 4.78 is 18.2. The van der Waals surface area contributed by atoms with Crippen molar-refractivity contribution in [2.75, 3.05) is 12.4 Å². The first-order chi connectivity index (χ1) is 8.29. The Bertz CT molecular complexity index is 359. The van der Waals surface area contributed by atoms with Crippen LogP contribution in [0, 0.1) is 5.82 Å². The highest BCUT2D eigenvalue weighted by molar-refractivity contribution is 5.49. The molecule has 0 aliphatic heterocycles. The van der Waals surface area contributed by atoms with Gasteiger partial charge >= 0.3 is 0 Å². The Morgan fingerprint density at radius 1 is 1.18 bits per heavy atom. The summed E-state index contributed by atoms with van der Waals surface area (Å²) in [6.45, 7) is 0. The molecular formula is C14H20FNO. The molecule has 1 saturated carbocycles. The van der Waals surface area contributed by atoms with Crippen LogP contribution in [0.3, 0.4) is 0 Å². The number of anilines is 1. The second kappa shape index (κ2) is 5.89. The van der Waals surface area contributed by atoms with Gasteiger partial charge in [-0.3, -0.25) is 0 Å². The minimum absolute atomic E-state index is 0.307. The normalized spacial score (nSPS) is 17.5. The molecule has 0 bridgehead atoms. The lowest BCUT2D eigenvalue weighted by atomic mass is 10.1. The van der Waals surface area contributed by atoms with Gasteiger partial charge in [-0.2, -0.15) is 0 Å². The van der Waals surface area contributed by atoms with E-state index in [-0.39, 0.29) is 5.82 Å². The van der Waals surface area contributed by atoms with Gasteiger partial charge in [-0.15, -0.1) is 0 Å². The predicted octanol–water partition coefficient (Wildman–Crippen LogP) is 3.97. The molecule has 0 atom stereocenters. The smallest absolute Gasteiger partial charge is 0.165 e. The summed E-state index contributed by atoms with van der Waals surface area (Å²) >= 11 is 0. The van der Waals surface area contributed by atoms with Gasteiger partial charge in [0.15, 0.2) is 11.6 Å². The highest BCUT2D eigenvalue weighted by Crippen LogP contribution is 2.25. The average Bonchev–Trinajstić information content (AvgIpc) is 2.60. The van der Waals surface area contributed by atoms with E-state index in [0.717, 1.165) is 5.69 Å². The van der Waals surface area contributed by atoms with Crippen LogP contribution in [0.5, 0.6) is 5.75 Å². The van der Waals surface area contributed by atoms with Gasteiger partial charge in [0.1, 0.15) is 0 Å². The minimum atomic E-state index is -0.307. The van der Waals surface area contributed by atoms with Gasteiger partial charge in [0, 0.05) is 17.8 Å². The first-order valence-electron chi connectivity index (χ1n) is 6.39. The molecule has 1 aliphatic rings. The molecule has 1 N–H and O–H groups in total. The number of hydrogen-bond donors (Lipinski definition) is 1. The van der Waals surface area contributed by atoms with Crippen LogP contribution >= 0.6 is 0 Å². The van der Waals surface area contributed by atoms with Crippen molar-refractivity contribution in [2.45, 2.75) is 44.6 Å². The third-order valence-electron chi connectivity index (χ3n) is 3.38. The van der Waals surface area contributed by atoms with Gasteiger partial charge in [-0.1, -0.05) is 25.7 Å². The minimum Gasteiger partial charge on any atom is -0.494 e. The van der Waals surface area contributed by atoms with E-state index in [1.54, 1.807) is 12.1 Å². The Hall–Kier alpha value is -1.25. The average molecular weight is 237 g/mol. The van der Waals surface area contributed by atoms with E-state index < -0.39 is 0 Å². The molecule has 1 aromatic rings. The Balaban J connectivity index is 2.01. The fraction of sp³-hybridized carbons (Fsp3) is 0.571. The van der Waals surface area contributed by atoms with E-state index in [1.807, 2.05) is 0 Å². The molecule has 1 aliphatic carbocycles. The first-order valence-corrected chi connectivity index (χ1v) is 6.39. The number of methoxy groups -OCH3 is 1. The molecule has 0 unspecified atom stereocenters. The van der Waals surface area contributed by atoms with Gasteiger partial charge < -0.3 is 10.1 Å². The lowest BCUT2D eigenvalue weighted by Crippen LogP contribution is -2.18. The molecule has 0 saturated heterocycles. The van der Waals surface area contributed by atoms with Crippen molar-refractivity contribution in [1.29, 1.82) is 0 Å². The molecule has 0 amide bonds. The lowest BCUT2D eigenvalue weighted by Gasteiger charge is -2.18. The summed E-state index contributed by atoms with van der Waals surface area (Å²) in [4.78, 5) is 0. The molecule has 94 valence electrons. The summed E-state index contributed by atoms with van der Waals surface area (Å²) in [6, 6.07) is 5.49. The van der Waals surface area contributed by atoms with Gasteiger partial charge in [0.05, 0.1) is 7.11 Å². The summed E-state index contributed by atoms with van der Waals surface area (Å²) in [7, 11) is 1.49. The zero-order valence-corrected chi connectivity index (χ0v) is 10.3. The first kappa shape index (κ1) is 12.2. The van der Waals surface area contributed by atoms with Gasteiger partial charge in [0.2, 0.25) is 0 Å². The highest BCUT2D eigenvalue weighted by Gasteiger charge is 2.12. The van der Waals surface area contributed by atoms with E-state index >= 15 is 0 Å². The van der Waals surface area contributed by atoms with Crippen LogP contribution in [0.15, 0.2) is 18.2 Å². The van der Waals surface area contributed by atoms with Crippen molar-refractivity contribution >= 4 is 5.69 Å². The SMILES string of the molecule is COc1cc(NC2CCCCCC2)ccc1F. The van der Waals surface area contributed by atoms with E-state index in [0.29, 0.717) is 11.8 Å². The molecule has 0 heterocycles. The number of ether oxygens (including phenoxy) is 1. The van der Waals surface area contributed by atoms with Crippen molar-refractivity contribution in [3.63, 3.8) is 0 Å². The quantitative estimate of drug-likeness (QED) is 0.803. The zero-order valence-electron chi connectivity index (χ0n) is 10.3. The fourth-order valence-electron chi connectivity index (χ4n) is 2.41. The molecule has 1 aromatic carbocycles. The van der Waals surface area contributed by atoms with Gasteiger partial charge in [-0.05, 0) is 25.0 Å². The second-order valence-electron chi connectivity index (χ2n) is 4.68. The topological polar surface area (TPSA) is 21.3 Å². The Labute approximate surface area is 102 Å².